The van der Waals surface area contributed by atoms with E-state index in [2.05, 4.69) is 10.6 Å². The van der Waals surface area contributed by atoms with Crippen LogP contribution in [0.4, 0.5) is 0 Å². The van der Waals surface area contributed by atoms with E-state index >= 15 is 0 Å². The molecule has 2 rings (SSSR count). The summed E-state index contributed by atoms with van der Waals surface area (Å²) in [5, 5.41) is 22.2. The van der Waals surface area contributed by atoms with Crippen LogP contribution in [-0.2, 0) is 9.59 Å². The Balaban J connectivity index is 0.000000140. The van der Waals surface area contributed by atoms with Gasteiger partial charge in [-0.05, 0) is 0 Å². The van der Waals surface area contributed by atoms with Crippen molar-refractivity contribution in [2.45, 2.75) is 25.0 Å². The first kappa shape index (κ1) is 10.9. The molecule has 2 atom stereocenters. The van der Waals surface area contributed by atoms with E-state index in [0.29, 0.717) is 13.1 Å². The molecular weight excluding hydrogens is 188 g/mol. The number of β-amino-alcohol motifs (C(OH)–C–C–N with tert-alkyl or cyclic N) is 2. The van der Waals surface area contributed by atoms with E-state index in [9.17, 15) is 9.59 Å². The lowest BCUT2D eigenvalue weighted by Gasteiger charge is -1.89. The smallest absolute Gasteiger partial charge is 0.222 e. The van der Waals surface area contributed by atoms with Gasteiger partial charge in [-0.2, -0.15) is 0 Å². The summed E-state index contributed by atoms with van der Waals surface area (Å²) in [6.45, 7) is 0.859. The van der Waals surface area contributed by atoms with Crippen LogP contribution in [0.2, 0.25) is 0 Å². The van der Waals surface area contributed by atoms with Crippen LogP contribution < -0.4 is 10.6 Å². The Morgan fingerprint density at radius 1 is 0.929 bits per heavy atom. The minimum absolute atomic E-state index is 0.0486. The normalized spacial score (nSPS) is 30.4. The van der Waals surface area contributed by atoms with Gasteiger partial charge in [-0.15, -0.1) is 0 Å². The van der Waals surface area contributed by atoms with E-state index in [-0.39, 0.29) is 24.7 Å². The van der Waals surface area contributed by atoms with E-state index < -0.39 is 12.2 Å². The number of aliphatic hydroxyl groups excluding tert-OH is 2. The highest BCUT2D eigenvalue weighted by Crippen LogP contribution is 1.96. The molecule has 0 saturated carbocycles. The fraction of sp³-hybridized carbons (Fsp3) is 0.750. The van der Waals surface area contributed by atoms with Crippen LogP contribution in [0.3, 0.4) is 0 Å². The van der Waals surface area contributed by atoms with Gasteiger partial charge in [0.25, 0.3) is 0 Å². The van der Waals surface area contributed by atoms with Crippen LogP contribution in [0.1, 0.15) is 12.8 Å². The summed E-state index contributed by atoms with van der Waals surface area (Å²) in [7, 11) is 0. The van der Waals surface area contributed by atoms with Crippen molar-refractivity contribution in [3.8, 4) is 0 Å². The first-order valence-corrected chi connectivity index (χ1v) is 4.47. The fourth-order valence-corrected chi connectivity index (χ4v) is 1.18. The third-order valence-corrected chi connectivity index (χ3v) is 1.91. The summed E-state index contributed by atoms with van der Waals surface area (Å²) >= 11 is 0. The molecule has 0 aromatic carbocycles. The third kappa shape index (κ3) is 3.71. The van der Waals surface area contributed by atoms with Crippen molar-refractivity contribution in [3.63, 3.8) is 0 Å². The molecule has 0 aromatic rings. The summed E-state index contributed by atoms with van der Waals surface area (Å²) in [6, 6.07) is 0. The number of rotatable bonds is 0. The molecule has 2 aliphatic heterocycles. The second kappa shape index (κ2) is 4.92. The van der Waals surface area contributed by atoms with E-state index in [1.807, 2.05) is 0 Å². The van der Waals surface area contributed by atoms with Gasteiger partial charge >= 0.3 is 0 Å². The summed E-state index contributed by atoms with van der Waals surface area (Å²) in [6.07, 6.45) is -0.319. The molecule has 4 N–H and O–H groups in total. The Morgan fingerprint density at radius 2 is 1.29 bits per heavy atom. The SMILES string of the molecule is O=C1CC(O)CN1.O=C1CC(O)CN1. The van der Waals surface area contributed by atoms with Crippen molar-refractivity contribution in [3.05, 3.63) is 0 Å². The summed E-state index contributed by atoms with van der Waals surface area (Å²) in [5.74, 6) is -0.0972. The van der Waals surface area contributed by atoms with Crippen LogP contribution in [0.15, 0.2) is 0 Å². The second-order valence-electron chi connectivity index (χ2n) is 3.32. The maximum atomic E-state index is 10.2. The van der Waals surface area contributed by atoms with Gasteiger partial charge in [0.15, 0.2) is 0 Å². The Bertz CT molecular complexity index is 207. The van der Waals surface area contributed by atoms with Crippen LogP contribution in [0, 0.1) is 0 Å². The highest BCUT2D eigenvalue weighted by molar-refractivity contribution is 5.78. The zero-order chi connectivity index (χ0) is 10.6. The third-order valence-electron chi connectivity index (χ3n) is 1.91. The minimum atomic E-state index is -0.438. The largest absolute Gasteiger partial charge is 0.391 e. The standard InChI is InChI=1S/2C4H7NO2/c2*6-3-1-4(7)5-2-3/h2*3,6H,1-2H2,(H,5,7). The Morgan fingerprint density at radius 3 is 1.36 bits per heavy atom. The van der Waals surface area contributed by atoms with Crippen LogP contribution >= 0.6 is 0 Å². The molecule has 0 radical (unpaired) electrons. The quantitative estimate of drug-likeness (QED) is 0.356. The van der Waals surface area contributed by atoms with Gasteiger partial charge in [0.05, 0.1) is 25.0 Å². The van der Waals surface area contributed by atoms with Crippen LogP contribution in [0.25, 0.3) is 0 Å². The number of hydrogen-bond acceptors (Lipinski definition) is 4. The Labute approximate surface area is 81.3 Å². The number of nitrogens with one attached hydrogen (secondary N) is 2. The summed E-state index contributed by atoms with van der Waals surface area (Å²) in [4.78, 5) is 20.4. The topological polar surface area (TPSA) is 98.7 Å². The summed E-state index contributed by atoms with van der Waals surface area (Å²) < 4.78 is 0. The Hall–Kier alpha value is -1.14. The molecule has 0 spiro atoms. The maximum Gasteiger partial charge on any atom is 0.222 e. The van der Waals surface area contributed by atoms with Crippen molar-refractivity contribution in [2.24, 2.45) is 0 Å². The maximum absolute atomic E-state index is 10.2. The van der Waals surface area contributed by atoms with Gasteiger partial charge in [0.2, 0.25) is 11.8 Å². The monoisotopic (exact) mass is 202 g/mol. The predicted molar refractivity (Wildman–Crippen MR) is 47.3 cm³/mol. The highest BCUT2D eigenvalue weighted by atomic mass is 16.3. The molecule has 14 heavy (non-hydrogen) atoms. The molecule has 0 bridgehead atoms. The van der Waals surface area contributed by atoms with E-state index in [4.69, 9.17) is 10.2 Å². The van der Waals surface area contributed by atoms with Crippen molar-refractivity contribution < 1.29 is 19.8 Å². The molecule has 0 aromatic heterocycles. The van der Waals surface area contributed by atoms with Crippen LogP contribution in [-0.4, -0.2) is 47.3 Å². The molecular formula is C8H14N2O4. The predicted octanol–water partition coefficient (Wildman–Crippen LogP) is -2.27. The highest BCUT2D eigenvalue weighted by Gasteiger charge is 2.17. The minimum Gasteiger partial charge on any atom is -0.391 e. The fourth-order valence-electron chi connectivity index (χ4n) is 1.18. The average Bonchev–Trinajstić information content (AvgIpc) is 2.63. The zero-order valence-corrected chi connectivity index (χ0v) is 7.69. The van der Waals surface area contributed by atoms with Gasteiger partial charge < -0.3 is 20.8 Å². The molecule has 2 saturated heterocycles. The second-order valence-corrected chi connectivity index (χ2v) is 3.32. The molecule has 2 aliphatic rings. The molecule has 6 heteroatoms. The molecule has 2 amide bonds. The van der Waals surface area contributed by atoms with Gasteiger partial charge in [-0.25, -0.2) is 0 Å². The zero-order valence-electron chi connectivity index (χ0n) is 7.69. The average molecular weight is 202 g/mol. The number of aliphatic hydroxyl groups is 2. The lowest BCUT2D eigenvalue weighted by molar-refractivity contribution is -0.120. The first-order valence-electron chi connectivity index (χ1n) is 4.47. The molecule has 0 aliphatic carbocycles. The number of carbonyl (C=O) groups is 2. The molecule has 2 heterocycles. The van der Waals surface area contributed by atoms with Crippen molar-refractivity contribution in [2.75, 3.05) is 13.1 Å². The van der Waals surface area contributed by atoms with Crippen molar-refractivity contribution in [1.82, 2.24) is 10.6 Å². The number of hydrogen-bond donors (Lipinski definition) is 4. The van der Waals surface area contributed by atoms with Gasteiger partial charge in [0.1, 0.15) is 0 Å². The lowest BCUT2D eigenvalue weighted by atomic mass is 10.3. The van der Waals surface area contributed by atoms with E-state index in [1.165, 1.54) is 0 Å². The number of carbonyl (C=O) groups excluding carboxylic acids is 2. The first-order chi connectivity index (χ1) is 6.58. The van der Waals surface area contributed by atoms with E-state index in [1.54, 1.807) is 0 Å². The molecule has 2 fully saturated rings. The van der Waals surface area contributed by atoms with Crippen molar-refractivity contribution >= 4 is 11.8 Å². The van der Waals surface area contributed by atoms with Crippen molar-refractivity contribution in [1.29, 1.82) is 0 Å². The van der Waals surface area contributed by atoms with E-state index in [0.717, 1.165) is 0 Å². The van der Waals surface area contributed by atoms with Gasteiger partial charge in [-0.3, -0.25) is 9.59 Å². The van der Waals surface area contributed by atoms with Crippen LogP contribution in [0.5, 0.6) is 0 Å². The molecule has 6 nitrogen and oxygen atoms in total. The molecule has 80 valence electrons. The number of amides is 2. The van der Waals surface area contributed by atoms with Gasteiger partial charge in [-0.1, -0.05) is 0 Å². The summed E-state index contributed by atoms with van der Waals surface area (Å²) in [5.41, 5.74) is 0. The van der Waals surface area contributed by atoms with Gasteiger partial charge in [0, 0.05) is 13.1 Å². The molecule has 2 unspecified atom stereocenters. The Kier molecular flexibility index (Phi) is 3.84. The lowest BCUT2D eigenvalue weighted by Crippen LogP contribution is -2.14.